The minimum atomic E-state index is -0.439. The zero-order valence-electron chi connectivity index (χ0n) is 10.9. The third-order valence-electron chi connectivity index (χ3n) is 2.83. The maximum Gasteiger partial charge on any atom is 0.411 e. The molecule has 0 unspecified atom stereocenters. The molecule has 0 radical (unpaired) electrons. The number of fused-ring (bicyclic) bond motifs is 1. The summed E-state index contributed by atoms with van der Waals surface area (Å²) in [7, 11) is 0. The SMILES string of the molecule is C=CC[C@@H](C)OC(=O)Nc1cccc2ccccc12. The molecule has 2 rings (SSSR count). The number of anilines is 1. The van der Waals surface area contributed by atoms with Crippen LogP contribution >= 0.6 is 0 Å². The summed E-state index contributed by atoms with van der Waals surface area (Å²) in [4.78, 5) is 11.8. The van der Waals surface area contributed by atoms with Gasteiger partial charge in [0.15, 0.2) is 0 Å². The number of carbonyl (C=O) groups is 1. The lowest BCUT2D eigenvalue weighted by Crippen LogP contribution is -2.19. The Balaban J connectivity index is 2.13. The number of ether oxygens (including phenoxy) is 1. The minimum Gasteiger partial charge on any atom is -0.446 e. The van der Waals surface area contributed by atoms with Gasteiger partial charge < -0.3 is 4.74 Å². The summed E-state index contributed by atoms with van der Waals surface area (Å²) in [5.41, 5.74) is 0.758. The van der Waals surface area contributed by atoms with Gasteiger partial charge in [-0.1, -0.05) is 42.5 Å². The predicted octanol–water partition coefficient (Wildman–Crippen LogP) is 4.35. The van der Waals surface area contributed by atoms with E-state index in [4.69, 9.17) is 4.74 Å². The molecule has 1 amide bonds. The molecule has 0 aromatic heterocycles. The van der Waals surface area contributed by atoms with E-state index in [9.17, 15) is 4.79 Å². The van der Waals surface area contributed by atoms with Crippen molar-refractivity contribution in [1.29, 1.82) is 0 Å². The molecular weight excluding hydrogens is 238 g/mol. The molecule has 0 aliphatic carbocycles. The van der Waals surface area contributed by atoms with Gasteiger partial charge in [-0.25, -0.2) is 4.79 Å². The van der Waals surface area contributed by atoms with Crippen molar-refractivity contribution in [3.63, 3.8) is 0 Å². The van der Waals surface area contributed by atoms with E-state index in [1.807, 2.05) is 49.4 Å². The molecule has 0 fully saturated rings. The number of hydrogen-bond donors (Lipinski definition) is 1. The second-order valence-corrected chi connectivity index (χ2v) is 4.39. The molecule has 19 heavy (non-hydrogen) atoms. The molecule has 0 heterocycles. The average molecular weight is 255 g/mol. The normalized spacial score (nSPS) is 11.8. The Hall–Kier alpha value is -2.29. The molecule has 98 valence electrons. The van der Waals surface area contributed by atoms with Crippen molar-refractivity contribution in [2.24, 2.45) is 0 Å². The molecule has 3 heteroatoms. The Morgan fingerprint density at radius 2 is 2.05 bits per heavy atom. The molecule has 0 saturated carbocycles. The van der Waals surface area contributed by atoms with Crippen molar-refractivity contribution in [2.45, 2.75) is 19.4 Å². The Morgan fingerprint density at radius 3 is 2.84 bits per heavy atom. The van der Waals surface area contributed by atoms with Crippen LogP contribution in [0.4, 0.5) is 10.5 Å². The van der Waals surface area contributed by atoms with Crippen molar-refractivity contribution in [1.82, 2.24) is 0 Å². The van der Waals surface area contributed by atoms with Crippen molar-refractivity contribution in [3.8, 4) is 0 Å². The zero-order chi connectivity index (χ0) is 13.7. The molecular formula is C16H17NO2. The quantitative estimate of drug-likeness (QED) is 0.825. The molecule has 2 aromatic rings. The van der Waals surface area contributed by atoms with Gasteiger partial charge in [0.1, 0.15) is 6.10 Å². The van der Waals surface area contributed by atoms with Crippen molar-refractivity contribution < 1.29 is 9.53 Å². The third kappa shape index (κ3) is 3.35. The van der Waals surface area contributed by atoms with E-state index in [1.165, 1.54) is 0 Å². The number of amides is 1. The van der Waals surface area contributed by atoms with Crippen LogP contribution in [0.1, 0.15) is 13.3 Å². The first-order valence-electron chi connectivity index (χ1n) is 6.27. The Bertz CT molecular complexity index is 587. The molecule has 0 spiro atoms. The monoisotopic (exact) mass is 255 g/mol. The summed E-state index contributed by atoms with van der Waals surface area (Å²) < 4.78 is 5.22. The van der Waals surface area contributed by atoms with E-state index >= 15 is 0 Å². The van der Waals surface area contributed by atoms with Crippen LogP contribution in [0.5, 0.6) is 0 Å². The molecule has 0 saturated heterocycles. The Morgan fingerprint density at radius 1 is 1.32 bits per heavy atom. The van der Waals surface area contributed by atoms with E-state index in [1.54, 1.807) is 6.08 Å². The topological polar surface area (TPSA) is 38.3 Å². The summed E-state index contributed by atoms with van der Waals surface area (Å²) >= 11 is 0. The van der Waals surface area contributed by atoms with Gasteiger partial charge in [0.25, 0.3) is 0 Å². The fourth-order valence-corrected chi connectivity index (χ4v) is 1.94. The second-order valence-electron chi connectivity index (χ2n) is 4.39. The molecule has 2 aromatic carbocycles. The van der Waals surface area contributed by atoms with Gasteiger partial charge in [-0.15, -0.1) is 6.58 Å². The lowest BCUT2D eigenvalue weighted by Gasteiger charge is -2.13. The Kier molecular flexibility index (Phi) is 4.18. The highest BCUT2D eigenvalue weighted by atomic mass is 16.6. The van der Waals surface area contributed by atoms with Gasteiger partial charge in [-0.05, 0) is 18.4 Å². The van der Waals surface area contributed by atoms with Crippen LogP contribution in [-0.2, 0) is 4.74 Å². The second kappa shape index (κ2) is 6.05. The highest BCUT2D eigenvalue weighted by molar-refractivity contribution is 6.00. The maximum atomic E-state index is 11.8. The summed E-state index contributed by atoms with van der Waals surface area (Å²) in [6.07, 6.45) is 1.76. The average Bonchev–Trinajstić information content (AvgIpc) is 2.39. The predicted molar refractivity (Wildman–Crippen MR) is 78.3 cm³/mol. The molecule has 0 aliphatic heterocycles. The fourth-order valence-electron chi connectivity index (χ4n) is 1.94. The summed E-state index contributed by atoms with van der Waals surface area (Å²) in [5.74, 6) is 0. The van der Waals surface area contributed by atoms with Crippen LogP contribution < -0.4 is 5.32 Å². The number of nitrogens with one attached hydrogen (secondary N) is 1. The van der Waals surface area contributed by atoms with E-state index in [0.717, 1.165) is 16.5 Å². The molecule has 0 bridgehead atoms. The zero-order valence-corrected chi connectivity index (χ0v) is 10.9. The van der Waals surface area contributed by atoms with Gasteiger partial charge in [0, 0.05) is 11.8 Å². The highest BCUT2D eigenvalue weighted by Crippen LogP contribution is 2.23. The number of benzene rings is 2. The van der Waals surface area contributed by atoms with Gasteiger partial charge in [-0.3, -0.25) is 5.32 Å². The molecule has 3 nitrogen and oxygen atoms in total. The summed E-state index contributed by atoms with van der Waals surface area (Å²) in [5, 5.41) is 4.86. The van der Waals surface area contributed by atoms with Gasteiger partial charge in [0.05, 0.1) is 5.69 Å². The molecule has 1 atom stereocenters. The molecule has 1 N–H and O–H groups in total. The van der Waals surface area contributed by atoms with Gasteiger partial charge >= 0.3 is 6.09 Å². The van der Waals surface area contributed by atoms with Crippen molar-refractivity contribution in [3.05, 3.63) is 55.1 Å². The van der Waals surface area contributed by atoms with Crippen molar-refractivity contribution in [2.75, 3.05) is 5.32 Å². The van der Waals surface area contributed by atoms with Crippen LogP contribution in [0.25, 0.3) is 10.8 Å². The van der Waals surface area contributed by atoms with Gasteiger partial charge in [0.2, 0.25) is 0 Å². The van der Waals surface area contributed by atoms with Crippen LogP contribution in [0, 0.1) is 0 Å². The van der Waals surface area contributed by atoms with E-state index in [0.29, 0.717) is 6.42 Å². The number of rotatable bonds is 4. The number of carbonyl (C=O) groups excluding carboxylic acids is 1. The first-order valence-corrected chi connectivity index (χ1v) is 6.27. The van der Waals surface area contributed by atoms with Crippen LogP contribution in [0.2, 0.25) is 0 Å². The smallest absolute Gasteiger partial charge is 0.411 e. The summed E-state index contributed by atoms with van der Waals surface area (Å²) in [6, 6.07) is 13.7. The van der Waals surface area contributed by atoms with Crippen LogP contribution in [0.3, 0.4) is 0 Å². The first-order chi connectivity index (χ1) is 9.20. The van der Waals surface area contributed by atoms with Crippen LogP contribution in [-0.4, -0.2) is 12.2 Å². The maximum absolute atomic E-state index is 11.8. The lowest BCUT2D eigenvalue weighted by atomic mass is 10.1. The number of hydrogen-bond acceptors (Lipinski definition) is 2. The van der Waals surface area contributed by atoms with E-state index < -0.39 is 6.09 Å². The fraction of sp³-hybridized carbons (Fsp3) is 0.188. The largest absolute Gasteiger partial charge is 0.446 e. The lowest BCUT2D eigenvalue weighted by molar-refractivity contribution is 0.122. The highest BCUT2D eigenvalue weighted by Gasteiger charge is 2.09. The minimum absolute atomic E-state index is 0.174. The van der Waals surface area contributed by atoms with Gasteiger partial charge in [-0.2, -0.15) is 0 Å². The standard InChI is InChI=1S/C16H17NO2/c1-3-7-12(2)19-16(18)17-15-11-6-9-13-8-4-5-10-14(13)15/h3-6,8-12H,1,7H2,2H3,(H,17,18)/t12-/m1/s1. The molecule has 0 aliphatic rings. The van der Waals surface area contributed by atoms with Crippen molar-refractivity contribution >= 4 is 22.6 Å². The van der Waals surface area contributed by atoms with Crippen LogP contribution in [0.15, 0.2) is 55.1 Å². The third-order valence-corrected chi connectivity index (χ3v) is 2.83. The van der Waals surface area contributed by atoms with E-state index in [-0.39, 0.29) is 6.10 Å². The first kappa shape index (κ1) is 13.1. The Labute approximate surface area is 112 Å². The summed E-state index contributed by atoms with van der Waals surface area (Å²) in [6.45, 7) is 5.46. The van der Waals surface area contributed by atoms with E-state index in [2.05, 4.69) is 11.9 Å².